The molecule has 0 aromatic heterocycles. The number of aryl methyl sites for hydroxylation is 1. The van der Waals surface area contributed by atoms with Crippen LogP contribution in [0.3, 0.4) is 0 Å². The first-order valence-electron chi connectivity index (χ1n) is 5.84. The van der Waals surface area contributed by atoms with Crippen molar-refractivity contribution < 1.29 is 22.3 Å². The molecule has 0 radical (unpaired) electrons. The first-order valence-corrected chi connectivity index (χ1v) is 5.84. The van der Waals surface area contributed by atoms with E-state index in [-0.39, 0.29) is 0 Å². The monoisotopic (exact) mass is 279 g/mol. The van der Waals surface area contributed by atoms with Crippen LogP contribution >= 0.6 is 0 Å². The van der Waals surface area contributed by atoms with Crippen LogP contribution < -0.4 is 5.73 Å². The molecule has 0 amide bonds. The standard InChI is InChI=1S/C13H17F4NO/c1-8-3-5-10(6-4-8)11(18)9(2)19-7-13(16,17)12(14)15/h3-6,9,11-12H,7,18H2,1-2H3. The molecular formula is C13H17F4NO. The Morgan fingerprint density at radius 3 is 2.21 bits per heavy atom. The van der Waals surface area contributed by atoms with Gasteiger partial charge >= 0.3 is 12.3 Å². The van der Waals surface area contributed by atoms with Crippen LogP contribution in [0.2, 0.25) is 0 Å². The summed E-state index contributed by atoms with van der Waals surface area (Å²) in [6, 6.07) is 6.52. The van der Waals surface area contributed by atoms with E-state index >= 15 is 0 Å². The summed E-state index contributed by atoms with van der Waals surface area (Å²) in [7, 11) is 0. The van der Waals surface area contributed by atoms with Crippen LogP contribution in [0.25, 0.3) is 0 Å². The molecule has 0 aliphatic carbocycles. The van der Waals surface area contributed by atoms with Crippen molar-refractivity contribution in [1.82, 2.24) is 0 Å². The minimum atomic E-state index is -4.15. The number of nitrogens with two attached hydrogens (primary N) is 1. The molecule has 0 aliphatic rings. The molecule has 6 heteroatoms. The largest absolute Gasteiger partial charge is 0.370 e. The van der Waals surface area contributed by atoms with E-state index in [4.69, 9.17) is 10.5 Å². The van der Waals surface area contributed by atoms with Gasteiger partial charge in [0.15, 0.2) is 0 Å². The summed E-state index contributed by atoms with van der Waals surface area (Å²) in [5.41, 5.74) is 7.58. The maximum Gasteiger partial charge on any atom is 0.330 e. The van der Waals surface area contributed by atoms with Gasteiger partial charge in [0.1, 0.15) is 6.61 Å². The van der Waals surface area contributed by atoms with Gasteiger partial charge in [0.2, 0.25) is 0 Å². The van der Waals surface area contributed by atoms with Crippen molar-refractivity contribution in [3.63, 3.8) is 0 Å². The van der Waals surface area contributed by atoms with E-state index in [1.54, 1.807) is 12.1 Å². The molecule has 0 heterocycles. The molecule has 1 aromatic rings. The summed E-state index contributed by atoms with van der Waals surface area (Å²) < 4.78 is 54.1. The van der Waals surface area contributed by atoms with Crippen LogP contribution in [0.5, 0.6) is 0 Å². The van der Waals surface area contributed by atoms with Crippen LogP contribution in [-0.2, 0) is 4.74 Å². The van der Waals surface area contributed by atoms with Crippen LogP contribution in [0.1, 0.15) is 24.1 Å². The average Bonchev–Trinajstić information content (AvgIpc) is 2.36. The first-order chi connectivity index (χ1) is 8.74. The Labute approximate surface area is 109 Å². The average molecular weight is 279 g/mol. The Morgan fingerprint density at radius 2 is 1.74 bits per heavy atom. The van der Waals surface area contributed by atoms with Crippen LogP contribution in [0.15, 0.2) is 24.3 Å². The summed E-state index contributed by atoms with van der Waals surface area (Å²) in [5, 5.41) is 0. The lowest BCUT2D eigenvalue weighted by atomic mass is 10.0. The van der Waals surface area contributed by atoms with Crippen molar-refractivity contribution in [3.05, 3.63) is 35.4 Å². The van der Waals surface area contributed by atoms with Crippen molar-refractivity contribution in [1.29, 1.82) is 0 Å². The van der Waals surface area contributed by atoms with Gasteiger partial charge in [0, 0.05) is 0 Å². The van der Waals surface area contributed by atoms with Gasteiger partial charge < -0.3 is 10.5 Å². The number of ether oxygens (including phenoxy) is 1. The molecule has 0 saturated heterocycles. The van der Waals surface area contributed by atoms with E-state index in [0.29, 0.717) is 5.56 Å². The number of hydrogen-bond acceptors (Lipinski definition) is 2. The van der Waals surface area contributed by atoms with E-state index in [2.05, 4.69) is 0 Å². The molecule has 2 unspecified atom stereocenters. The lowest BCUT2D eigenvalue weighted by Gasteiger charge is -2.23. The van der Waals surface area contributed by atoms with E-state index in [0.717, 1.165) is 5.56 Å². The highest BCUT2D eigenvalue weighted by molar-refractivity contribution is 5.24. The van der Waals surface area contributed by atoms with Gasteiger partial charge in [0.05, 0.1) is 12.1 Å². The number of benzene rings is 1. The third kappa shape index (κ3) is 4.47. The predicted octanol–water partition coefficient (Wildman–Crippen LogP) is 3.30. The number of hydrogen-bond donors (Lipinski definition) is 1. The van der Waals surface area contributed by atoms with Crippen molar-refractivity contribution in [2.24, 2.45) is 5.73 Å². The van der Waals surface area contributed by atoms with Gasteiger partial charge in [0.25, 0.3) is 0 Å². The van der Waals surface area contributed by atoms with Gasteiger partial charge in [-0.3, -0.25) is 0 Å². The van der Waals surface area contributed by atoms with E-state index in [9.17, 15) is 17.6 Å². The van der Waals surface area contributed by atoms with E-state index in [1.807, 2.05) is 19.1 Å². The number of alkyl halides is 4. The second kappa shape index (κ2) is 6.34. The zero-order valence-electron chi connectivity index (χ0n) is 10.7. The molecular weight excluding hydrogens is 262 g/mol. The van der Waals surface area contributed by atoms with Crippen molar-refractivity contribution >= 4 is 0 Å². The Bertz CT molecular complexity index is 394. The zero-order valence-corrected chi connectivity index (χ0v) is 10.7. The molecule has 0 saturated carbocycles. The van der Waals surface area contributed by atoms with Crippen LogP contribution in [0.4, 0.5) is 17.6 Å². The third-order valence-corrected chi connectivity index (χ3v) is 2.83. The van der Waals surface area contributed by atoms with Gasteiger partial charge in [-0.1, -0.05) is 29.8 Å². The van der Waals surface area contributed by atoms with E-state index < -0.39 is 31.1 Å². The van der Waals surface area contributed by atoms with Crippen LogP contribution in [0, 0.1) is 6.92 Å². The molecule has 0 fully saturated rings. The fourth-order valence-corrected chi connectivity index (χ4v) is 1.47. The quantitative estimate of drug-likeness (QED) is 0.811. The maximum absolute atomic E-state index is 12.7. The third-order valence-electron chi connectivity index (χ3n) is 2.83. The molecule has 108 valence electrons. The van der Waals surface area contributed by atoms with Gasteiger partial charge in [-0.25, -0.2) is 8.78 Å². The van der Waals surface area contributed by atoms with E-state index in [1.165, 1.54) is 6.92 Å². The fourth-order valence-electron chi connectivity index (χ4n) is 1.47. The SMILES string of the molecule is Cc1ccc(C(N)C(C)OCC(F)(F)C(F)F)cc1. The van der Waals surface area contributed by atoms with Crippen LogP contribution in [-0.4, -0.2) is 25.1 Å². The lowest BCUT2D eigenvalue weighted by molar-refractivity contribution is -0.176. The summed E-state index contributed by atoms with van der Waals surface area (Å²) in [5.74, 6) is -4.15. The van der Waals surface area contributed by atoms with Gasteiger partial charge in [-0.05, 0) is 19.4 Å². The minimum absolute atomic E-state index is 0.644. The Kier molecular flexibility index (Phi) is 5.31. The predicted molar refractivity (Wildman–Crippen MR) is 64.5 cm³/mol. The molecule has 2 atom stereocenters. The maximum atomic E-state index is 12.7. The van der Waals surface area contributed by atoms with Gasteiger partial charge in [-0.15, -0.1) is 0 Å². The molecule has 1 aromatic carbocycles. The fraction of sp³-hybridized carbons (Fsp3) is 0.538. The first kappa shape index (κ1) is 15.9. The van der Waals surface area contributed by atoms with Gasteiger partial charge in [-0.2, -0.15) is 8.78 Å². The highest BCUT2D eigenvalue weighted by Crippen LogP contribution is 2.25. The Morgan fingerprint density at radius 1 is 1.21 bits per heavy atom. The second-order valence-corrected chi connectivity index (χ2v) is 4.51. The molecule has 2 N–H and O–H groups in total. The minimum Gasteiger partial charge on any atom is -0.370 e. The highest BCUT2D eigenvalue weighted by atomic mass is 19.3. The molecule has 2 nitrogen and oxygen atoms in total. The highest BCUT2D eigenvalue weighted by Gasteiger charge is 2.41. The number of halogens is 4. The Hall–Kier alpha value is -1.14. The second-order valence-electron chi connectivity index (χ2n) is 4.51. The molecule has 0 spiro atoms. The summed E-state index contributed by atoms with van der Waals surface area (Å²) >= 11 is 0. The van der Waals surface area contributed by atoms with Crippen molar-refractivity contribution in [3.8, 4) is 0 Å². The Balaban J connectivity index is 2.58. The summed E-state index contributed by atoms with van der Waals surface area (Å²) in [4.78, 5) is 0. The van der Waals surface area contributed by atoms with Crippen molar-refractivity contribution in [2.75, 3.05) is 6.61 Å². The normalized spacial score (nSPS) is 15.6. The lowest BCUT2D eigenvalue weighted by Crippen LogP contribution is -2.36. The summed E-state index contributed by atoms with van der Waals surface area (Å²) in [6.45, 7) is 2.04. The number of rotatable bonds is 6. The molecule has 0 aliphatic heterocycles. The molecule has 1 rings (SSSR count). The topological polar surface area (TPSA) is 35.2 Å². The van der Waals surface area contributed by atoms with Crippen molar-refractivity contribution in [2.45, 2.75) is 38.3 Å². The summed E-state index contributed by atoms with van der Waals surface area (Å²) in [6.07, 6.45) is -4.53. The smallest absolute Gasteiger partial charge is 0.330 e. The zero-order chi connectivity index (χ0) is 14.6. The molecule has 19 heavy (non-hydrogen) atoms. The molecule has 0 bridgehead atoms.